The largest absolute Gasteiger partial charge is 2.00 e. The number of carboxylic acids is 2. The van der Waals surface area contributed by atoms with Crippen LogP contribution in [0.5, 0.6) is 0 Å². The number of rotatable bonds is 11. The van der Waals surface area contributed by atoms with Crippen molar-refractivity contribution in [2.24, 2.45) is 5.92 Å². The Kier molecular flexibility index (Phi) is 14.6. The topological polar surface area (TPSA) is 80.3 Å². The van der Waals surface area contributed by atoms with Gasteiger partial charge < -0.3 is 19.8 Å². The third-order valence-electron chi connectivity index (χ3n) is 2.92. The molecule has 4 nitrogen and oxygen atoms in total. The standard InChI is InChI=1S/C13H24O4.Ag/c1-2-3-4-5-6-7-8-9-10-11(12(14)15)13(16)17;/h11H,2-10H2,1H3,(H,14,15)(H,16,17);/q;+2/p-2. The van der Waals surface area contributed by atoms with Crippen molar-refractivity contribution in [1.82, 2.24) is 0 Å². The van der Waals surface area contributed by atoms with Crippen molar-refractivity contribution in [3.8, 4) is 0 Å². The van der Waals surface area contributed by atoms with Crippen LogP contribution in [0.15, 0.2) is 0 Å². The molecule has 0 heterocycles. The van der Waals surface area contributed by atoms with E-state index in [-0.39, 0.29) is 28.8 Å². The maximum atomic E-state index is 10.4. The number of carboxylic acid groups (broad SMARTS) is 2. The van der Waals surface area contributed by atoms with Gasteiger partial charge in [-0.25, -0.2) is 0 Å². The third kappa shape index (κ3) is 10.8. The van der Waals surface area contributed by atoms with Crippen LogP contribution in [-0.2, 0) is 32.0 Å². The molecule has 0 bridgehead atoms. The minimum absolute atomic E-state index is 0. The van der Waals surface area contributed by atoms with Crippen molar-refractivity contribution in [1.29, 1.82) is 0 Å². The molecule has 0 atom stereocenters. The Labute approximate surface area is 125 Å². The zero-order chi connectivity index (χ0) is 13.1. The predicted octanol–water partition coefficient (Wildman–Crippen LogP) is 0.631. The van der Waals surface area contributed by atoms with Gasteiger partial charge in [-0.2, -0.15) is 0 Å². The Morgan fingerprint density at radius 2 is 1.22 bits per heavy atom. The van der Waals surface area contributed by atoms with Gasteiger partial charge in [-0.1, -0.05) is 58.3 Å². The van der Waals surface area contributed by atoms with E-state index in [0.29, 0.717) is 6.42 Å². The van der Waals surface area contributed by atoms with Gasteiger partial charge in [-0.05, 0) is 6.42 Å². The van der Waals surface area contributed by atoms with Crippen molar-refractivity contribution >= 4 is 11.9 Å². The van der Waals surface area contributed by atoms with Crippen molar-refractivity contribution in [3.63, 3.8) is 0 Å². The fourth-order valence-corrected chi connectivity index (χ4v) is 1.81. The summed E-state index contributed by atoms with van der Waals surface area (Å²) in [5.41, 5.74) is 0. The molecule has 0 saturated heterocycles. The molecule has 0 rings (SSSR count). The van der Waals surface area contributed by atoms with Gasteiger partial charge in [0.25, 0.3) is 0 Å². The van der Waals surface area contributed by atoms with E-state index in [0.717, 1.165) is 19.3 Å². The van der Waals surface area contributed by atoms with Crippen LogP contribution in [0, 0.1) is 5.92 Å². The van der Waals surface area contributed by atoms with Crippen LogP contribution in [0.1, 0.15) is 64.7 Å². The summed E-state index contributed by atoms with van der Waals surface area (Å²) in [6, 6.07) is 0. The van der Waals surface area contributed by atoms with Gasteiger partial charge in [0.05, 0.1) is 11.9 Å². The van der Waals surface area contributed by atoms with Gasteiger partial charge in [-0.15, -0.1) is 0 Å². The normalized spacial score (nSPS) is 10.1. The number of hydrogen-bond acceptors (Lipinski definition) is 4. The zero-order valence-electron chi connectivity index (χ0n) is 10.9. The van der Waals surface area contributed by atoms with Crippen molar-refractivity contribution < 1.29 is 42.2 Å². The monoisotopic (exact) mass is 349 g/mol. The van der Waals surface area contributed by atoms with Gasteiger partial charge in [0.15, 0.2) is 0 Å². The molecule has 5 heteroatoms. The fourth-order valence-electron chi connectivity index (χ4n) is 1.81. The van der Waals surface area contributed by atoms with E-state index < -0.39 is 17.9 Å². The minimum Gasteiger partial charge on any atom is -0.549 e. The van der Waals surface area contributed by atoms with Crippen LogP contribution in [0.2, 0.25) is 0 Å². The maximum Gasteiger partial charge on any atom is 2.00 e. The molecule has 0 fully saturated rings. The second kappa shape index (κ2) is 13.1. The van der Waals surface area contributed by atoms with E-state index in [1.165, 1.54) is 25.7 Å². The van der Waals surface area contributed by atoms with Crippen LogP contribution in [0.3, 0.4) is 0 Å². The van der Waals surface area contributed by atoms with Gasteiger partial charge in [-0.3, -0.25) is 0 Å². The molecule has 0 unspecified atom stereocenters. The Balaban J connectivity index is 0. The number of hydrogen-bond donors (Lipinski definition) is 0. The number of unbranched alkanes of at least 4 members (excludes halogenated alkanes) is 7. The van der Waals surface area contributed by atoms with E-state index in [1.54, 1.807) is 0 Å². The fraction of sp³-hybridized carbons (Fsp3) is 0.846. The summed E-state index contributed by atoms with van der Waals surface area (Å²) < 4.78 is 0. The number of aliphatic carboxylic acids is 2. The molecule has 0 N–H and O–H groups in total. The van der Waals surface area contributed by atoms with Crippen LogP contribution >= 0.6 is 0 Å². The van der Waals surface area contributed by atoms with E-state index in [4.69, 9.17) is 0 Å². The van der Waals surface area contributed by atoms with Gasteiger partial charge in [0, 0.05) is 5.92 Å². The molecule has 0 aliphatic carbocycles. The molecule has 109 valence electrons. The Hall–Kier alpha value is -0.320. The first-order valence-electron chi connectivity index (χ1n) is 6.51. The first-order valence-corrected chi connectivity index (χ1v) is 6.51. The third-order valence-corrected chi connectivity index (χ3v) is 2.92. The van der Waals surface area contributed by atoms with Crippen molar-refractivity contribution in [2.45, 2.75) is 64.7 Å². The smallest absolute Gasteiger partial charge is 0.549 e. The molecule has 0 aromatic carbocycles. The molecular formula is C13H22AgO4. The van der Waals surface area contributed by atoms with E-state index in [2.05, 4.69) is 6.92 Å². The quantitative estimate of drug-likeness (QED) is 0.311. The van der Waals surface area contributed by atoms with Gasteiger partial charge >= 0.3 is 22.4 Å². The molecule has 0 aromatic heterocycles. The van der Waals surface area contributed by atoms with Crippen LogP contribution < -0.4 is 10.2 Å². The first kappa shape index (κ1) is 20.0. The van der Waals surface area contributed by atoms with Crippen molar-refractivity contribution in [3.05, 3.63) is 0 Å². The van der Waals surface area contributed by atoms with Crippen molar-refractivity contribution in [2.75, 3.05) is 0 Å². The molecule has 0 aliphatic heterocycles. The predicted molar refractivity (Wildman–Crippen MR) is 60.7 cm³/mol. The summed E-state index contributed by atoms with van der Waals surface area (Å²) in [7, 11) is 0. The molecule has 0 spiro atoms. The molecular weight excluding hydrogens is 328 g/mol. The summed E-state index contributed by atoms with van der Waals surface area (Å²) in [6.45, 7) is 2.17. The molecule has 0 amide bonds. The van der Waals surface area contributed by atoms with E-state index in [1.807, 2.05) is 0 Å². The molecule has 0 aromatic rings. The first-order chi connectivity index (χ1) is 8.09. The summed E-state index contributed by atoms with van der Waals surface area (Å²) in [6.07, 6.45) is 8.73. The second-order valence-corrected chi connectivity index (χ2v) is 4.45. The van der Waals surface area contributed by atoms with E-state index >= 15 is 0 Å². The van der Waals surface area contributed by atoms with Gasteiger partial charge in [0.2, 0.25) is 0 Å². The number of carbonyl (C=O) groups excluding carboxylic acids is 2. The second-order valence-electron chi connectivity index (χ2n) is 4.45. The summed E-state index contributed by atoms with van der Waals surface area (Å²) in [5, 5.41) is 20.9. The van der Waals surface area contributed by atoms with Gasteiger partial charge in [0.1, 0.15) is 0 Å². The summed E-state index contributed by atoms with van der Waals surface area (Å²) in [4.78, 5) is 20.9. The van der Waals surface area contributed by atoms with Crippen LogP contribution in [0.25, 0.3) is 0 Å². The Morgan fingerprint density at radius 1 is 0.833 bits per heavy atom. The zero-order valence-corrected chi connectivity index (χ0v) is 12.4. The summed E-state index contributed by atoms with van der Waals surface area (Å²) >= 11 is 0. The van der Waals surface area contributed by atoms with E-state index in [9.17, 15) is 19.8 Å². The van der Waals surface area contributed by atoms with Crippen LogP contribution in [0.4, 0.5) is 0 Å². The average Bonchev–Trinajstić information content (AvgIpc) is 2.26. The Bertz CT molecular complexity index is 217. The van der Waals surface area contributed by atoms with Crippen LogP contribution in [-0.4, -0.2) is 11.9 Å². The Morgan fingerprint density at radius 3 is 1.61 bits per heavy atom. The molecule has 0 saturated carbocycles. The summed E-state index contributed by atoms with van der Waals surface area (Å²) in [5.74, 6) is -4.52. The minimum atomic E-state index is -1.53. The molecule has 0 aliphatic rings. The number of carbonyl (C=O) groups is 2. The molecule has 1 radical (unpaired) electrons. The maximum absolute atomic E-state index is 10.4. The SMILES string of the molecule is CCCCCCCCCCC(C(=O)[O-])C(=O)[O-].[Ag+2]. The average molecular weight is 350 g/mol. The molecule has 18 heavy (non-hydrogen) atoms.